The molecule has 2 heterocycles. The van der Waals surface area contributed by atoms with Gasteiger partial charge in [0.2, 0.25) is 0 Å². The molecule has 8 heteroatoms. The smallest absolute Gasteiger partial charge is 0.328 e. The Hall–Kier alpha value is -1.96. The lowest BCUT2D eigenvalue weighted by Crippen LogP contribution is -2.52. The van der Waals surface area contributed by atoms with Crippen LogP contribution in [0.4, 0.5) is 0 Å². The summed E-state index contributed by atoms with van der Waals surface area (Å²) in [6, 6.07) is 6.18. The van der Waals surface area contributed by atoms with Gasteiger partial charge in [0.25, 0.3) is 5.91 Å². The number of ether oxygens (including phenoxy) is 1. The molecule has 0 bridgehead atoms. The van der Waals surface area contributed by atoms with E-state index in [4.69, 9.17) is 16.3 Å². The van der Waals surface area contributed by atoms with Crippen molar-refractivity contribution in [1.29, 1.82) is 0 Å². The van der Waals surface area contributed by atoms with Crippen LogP contribution in [0.3, 0.4) is 0 Å². The zero-order valence-corrected chi connectivity index (χ0v) is 13.5. The molecule has 2 aromatic rings. The molecule has 1 amide bonds. The number of carbonyl (C=O) groups excluding carboxylic acids is 1. The summed E-state index contributed by atoms with van der Waals surface area (Å²) in [5.74, 6) is -1.47. The second-order valence-electron chi connectivity index (χ2n) is 4.97. The SMILES string of the molecule is O=C(O)[C@H]1COCCN1C(=O)c1csc(-c2ccc(Cl)cc2)n1. The highest BCUT2D eigenvalue weighted by Gasteiger charge is 2.34. The summed E-state index contributed by atoms with van der Waals surface area (Å²) in [4.78, 5) is 29.4. The third-order valence-corrected chi connectivity index (χ3v) is 4.63. The van der Waals surface area contributed by atoms with Crippen LogP contribution in [0.5, 0.6) is 0 Å². The average molecular weight is 353 g/mol. The number of halogens is 1. The predicted molar refractivity (Wildman–Crippen MR) is 85.8 cm³/mol. The molecule has 1 aliphatic rings. The number of nitrogens with zero attached hydrogens (tertiary/aromatic N) is 2. The normalized spacial score (nSPS) is 18.0. The average Bonchev–Trinajstić information content (AvgIpc) is 3.04. The molecule has 6 nitrogen and oxygen atoms in total. The first-order chi connectivity index (χ1) is 11.1. The Bertz CT molecular complexity index is 731. The van der Waals surface area contributed by atoms with Crippen LogP contribution in [0, 0.1) is 0 Å². The van der Waals surface area contributed by atoms with Gasteiger partial charge in [-0.3, -0.25) is 4.79 Å². The van der Waals surface area contributed by atoms with Crippen LogP contribution in [0.25, 0.3) is 10.6 Å². The van der Waals surface area contributed by atoms with Crippen LogP contribution in [0.2, 0.25) is 5.02 Å². The quantitative estimate of drug-likeness (QED) is 0.917. The molecule has 0 radical (unpaired) electrons. The first-order valence-corrected chi connectivity index (χ1v) is 8.15. The number of carboxylic acid groups (broad SMARTS) is 1. The first kappa shape index (κ1) is 15.9. The van der Waals surface area contributed by atoms with E-state index in [1.165, 1.54) is 16.2 Å². The number of hydrogen-bond donors (Lipinski definition) is 1. The van der Waals surface area contributed by atoms with Gasteiger partial charge in [0.1, 0.15) is 10.7 Å². The van der Waals surface area contributed by atoms with E-state index < -0.39 is 17.9 Å². The molecule has 0 saturated carbocycles. The van der Waals surface area contributed by atoms with E-state index in [9.17, 15) is 14.7 Å². The summed E-state index contributed by atoms with van der Waals surface area (Å²) in [5.41, 5.74) is 1.10. The molecule has 23 heavy (non-hydrogen) atoms. The number of amides is 1. The van der Waals surface area contributed by atoms with Crippen LogP contribution in [-0.2, 0) is 9.53 Å². The Morgan fingerprint density at radius 3 is 2.78 bits per heavy atom. The summed E-state index contributed by atoms with van der Waals surface area (Å²) in [6.45, 7) is 0.558. The lowest BCUT2D eigenvalue weighted by atomic mass is 10.2. The molecule has 3 rings (SSSR count). The molecule has 1 aromatic carbocycles. The largest absolute Gasteiger partial charge is 0.480 e. The zero-order chi connectivity index (χ0) is 16.4. The van der Waals surface area contributed by atoms with Gasteiger partial charge in [0.15, 0.2) is 6.04 Å². The minimum Gasteiger partial charge on any atom is -0.480 e. The first-order valence-electron chi connectivity index (χ1n) is 6.89. The Morgan fingerprint density at radius 1 is 1.35 bits per heavy atom. The molecule has 120 valence electrons. The van der Waals surface area contributed by atoms with Gasteiger partial charge in [-0.15, -0.1) is 11.3 Å². The van der Waals surface area contributed by atoms with Crippen molar-refractivity contribution in [2.24, 2.45) is 0 Å². The number of morpholine rings is 1. The molecule has 1 aromatic heterocycles. The third-order valence-electron chi connectivity index (χ3n) is 3.49. The summed E-state index contributed by atoms with van der Waals surface area (Å²) in [6.07, 6.45) is 0. The maximum atomic E-state index is 12.5. The van der Waals surface area contributed by atoms with Crippen molar-refractivity contribution < 1.29 is 19.4 Å². The molecule has 1 atom stereocenters. The van der Waals surface area contributed by atoms with Gasteiger partial charge in [-0.2, -0.15) is 0 Å². The van der Waals surface area contributed by atoms with Crippen molar-refractivity contribution in [3.05, 3.63) is 40.4 Å². The molecule has 0 spiro atoms. The van der Waals surface area contributed by atoms with E-state index in [1.807, 2.05) is 12.1 Å². The molecular formula is C15H13ClN2O4S. The number of carboxylic acids is 1. The van der Waals surface area contributed by atoms with Crippen molar-refractivity contribution in [2.75, 3.05) is 19.8 Å². The number of hydrogen-bond acceptors (Lipinski definition) is 5. The van der Waals surface area contributed by atoms with Gasteiger partial charge in [-0.05, 0) is 12.1 Å². The monoisotopic (exact) mass is 352 g/mol. The molecule has 1 aliphatic heterocycles. The number of benzene rings is 1. The summed E-state index contributed by atoms with van der Waals surface area (Å²) < 4.78 is 5.14. The lowest BCUT2D eigenvalue weighted by molar-refractivity contribution is -0.147. The number of rotatable bonds is 3. The molecular weight excluding hydrogens is 340 g/mol. The minimum atomic E-state index is -1.08. The standard InChI is InChI=1S/C15H13ClN2O4S/c16-10-3-1-9(2-4-10)13-17-11(8-23-13)14(19)18-5-6-22-7-12(18)15(20)21/h1-4,8,12H,5-7H2,(H,20,21)/t12-/m1/s1. The Morgan fingerprint density at radius 2 is 2.09 bits per heavy atom. The van der Waals surface area contributed by atoms with Crippen molar-refractivity contribution in [2.45, 2.75) is 6.04 Å². The number of aromatic nitrogens is 1. The fourth-order valence-electron chi connectivity index (χ4n) is 2.30. The van der Waals surface area contributed by atoms with Crippen molar-refractivity contribution >= 4 is 34.8 Å². The van der Waals surface area contributed by atoms with Crippen molar-refractivity contribution in [3.63, 3.8) is 0 Å². The third kappa shape index (κ3) is 3.36. The maximum Gasteiger partial charge on any atom is 0.328 e. The van der Waals surface area contributed by atoms with Crippen LogP contribution >= 0.6 is 22.9 Å². The summed E-state index contributed by atoms with van der Waals surface area (Å²) in [5, 5.41) is 12.2. The molecule has 0 unspecified atom stereocenters. The maximum absolute atomic E-state index is 12.5. The number of aliphatic carboxylic acids is 1. The highest BCUT2D eigenvalue weighted by molar-refractivity contribution is 7.13. The van der Waals surface area contributed by atoms with Crippen LogP contribution < -0.4 is 0 Å². The Kier molecular flexibility index (Phi) is 4.61. The van der Waals surface area contributed by atoms with Gasteiger partial charge >= 0.3 is 5.97 Å². The van der Waals surface area contributed by atoms with E-state index in [2.05, 4.69) is 4.98 Å². The summed E-state index contributed by atoms with van der Waals surface area (Å²) >= 11 is 7.19. The van der Waals surface area contributed by atoms with E-state index in [-0.39, 0.29) is 18.8 Å². The van der Waals surface area contributed by atoms with Gasteiger partial charge in [0, 0.05) is 22.5 Å². The van der Waals surface area contributed by atoms with Crippen LogP contribution in [0.1, 0.15) is 10.5 Å². The lowest BCUT2D eigenvalue weighted by Gasteiger charge is -2.32. The highest BCUT2D eigenvalue weighted by Crippen LogP contribution is 2.26. The highest BCUT2D eigenvalue weighted by atomic mass is 35.5. The number of carbonyl (C=O) groups is 2. The Balaban J connectivity index is 1.83. The fourth-order valence-corrected chi connectivity index (χ4v) is 3.22. The van der Waals surface area contributed by atoms with E-state index in [1.54, 1.807) is 17.5 Å². The Labute approximate surface area is 141 Å². The zero-order valence-electron chi connectivity index (χ0n) is 11.9. The van der Waals surface area contributed by atoms with Crippen molar-refractivity contribution in [1.82, 2.24) is 9.88 Å². The van der Waals surface area contributed by atoms with Gasteiger partial charge in [-0.25, -0.2) is 9.78 Å². The molecule has 1 N–H and O–H groups in total. The second-order valence-corrected chi connectivity index (χ2v) is 6.27. The predicted octanol–water partition coefficient (Wildman–Crippen LogP) is 2.39. The van der Waals surface area contributed by atoms with Crippen LogP contribution in [-0.4, -0.2) is 52.7 Å². The van der Waals surface area contributed by atoms with Gasteiger partial charge < -0.3 is 14.7 Å². The van der Waals surface area contributed by atoms with Crippen molar-refractivity contribution in [3.8, 4) is 10.6 Å². The molecule has 1 saturated heterocycles. The van der Waals surface area contributed by atoms with E-state index in [0.29, 0.717) is 16.6 Å². The fraction of sp³-hybridized carbons (Fsp3) is 0.267. The van der Waals surface area contributed by atoms with Crippen LogP contribution in [0.15, 0.2) is 29.6 Å². The second kappa shape index (κ2) is 6.66. The van der Waals surface area contributed by atoms with Gasteiger partial charge in [-0.1, -0.05) is 23.7 Å². The summed E-state index contributed by atoms with van der Waals surface area (Å²) in [7, 11) is 0. The van der Waals surface area contributed by atoms with E-state index >= 15 is 0 Å². The van der Waals surface area contributed by atoms with Gasteiger partial charge in [0.05, 0.1) is 13.2 Å². The minimum absolute atomic E-state index is 0.00471. The molecule has 0 aliphatic carbocycles. The topological polar surface area (TPSA) is 79.7 Å². The number of thiazole rings is 1. The van der Waals surface area contributed by atoms with E-state index in [0.717, 1.165) is 5.56 Å². The molecule has 1 fully saturated rings.